The molecule has 1 aromatic heterocycles. The van der Waals surface area contributed by atoms with Gasteiger partial charge in [0, 0.05) is 25.8 Å². The van der Waals surface area contributed by atoms with Crippen molar-refractivity contribution in [3.63, 3.8) is 0 Å². The number of rotatable bonds is 4. The number of nitrogens with one attached hydrogen (secondary N) is 1. The smallest absolute Gasteiger partial charge is 0.267 e. The fourth-order valence-corrected chi connectivity index (χ4v) is 3.05. The van der Waals surface area contributed by atoms with Crippen molar-refractivity contribution in [2.45, 2.75) is 19.4 Å². The predicted octanol–water partition coefficient (Wildman–Crippen LogP) is 1.53. The highest BCUT2D eigenvalue weighted by atomic mass is 16.2. The molecule has 1 saturated heterocycles. The van der Waals surface area contributed by atoms with Gasteiger partial charge in [-0.05, 0) is 29.7 Å². The number of aryl methyl sites for hydroxylation is 1. The molecular weight excluding hydrogens is 316 g/mol. The number of carbonyl (C=O) groups excluding carboxylic acids is 2. The zero-order chi connectivity index (χ0) is 17.8. The van der Waals surface area contributed by atoms with Crippen LogP contribution in [0.2, 0.25) is 0 Å². The monoisotopic (exact) mass is 338 g/mol. The first-order chi connectivity index (χ1) is 12.1. The van der Waals surface area contributed by atoms with Crippen LogP contribution in [0.15, 0.2) is 42.6 Å². The summed E-state index contributed by atoms with van der Waals surface area (Å²) < 4.78 is 0. The standard InChI is InChI=1S/C19H22N4O2/c1-2-13-3-5-14(6-4-13)17-12-21-9-10-23(17)19(25)15-7-8-16(18(20)24)22-11-15/h3-8,11,17,21H,2,9-10,12H2,1H3,(H2,20,24). The van der Waals surface area contributed by atoms with E-state index in [0.29, 0.717) is 18.7 Å². The molecule has 0 spiro atoms. The van der Waals surface area contributed by atoms with Crippen molar-refractivity contribution in [3.8, 4) is 0 Å². The van der Waals surface area contributed by atoms with Crippen LogP contribution in [0.3, 0.4) is 0 Å². The van der Waals surface area contributed by atoms with Crippen LogP contribution >= 0.6 is 0 Å². The maximum atomic E-state index is 12.9. The molecule has 0 saturated carbocycles. The van der Waals surface area contributed by atoms with Gasteiger partial charge in [0.25, 0.3) is 11.8 Å². The zero-order valence-corrected chi connectivity index (χ0v) is 14.2. The van der Waals surface area contributed by atoms with Crippen molar-refractivity contribution in [2.24, 2.45) is 5.73 Å². The Morgan fingerprint density at radius 1 is 1.24 bits per heavy atom. The van der Waals surface area contributed by atoms with Crippen molar-refractivity contribution in [1.82, 2.24) is 15.2 Å². The molecule has 3 N–H and O–H groups in total. The number of nitrogens with zero attached hydrogens (tertiary/aromatic N) is 2. The summed E-state index contributed by atoms with van der Waals surface area (Å²) in [5.74, 6) is -0.690. The van der Waals surface area contributed by atoms with E-state index < -0.39 is 5.91 Å². The number of benzene rings is 1. The normalized spacial score (nSPS) is 17.3. The van der Waals surface area contributed by atoms with Crippen molar-refractivity contribution in [3.05, 3.63) is 65.0 Å². The first kappa shape index (κ1) is 17.1. The quantitative estimate of drug-likeness (QED) is 0.885. The molecule has 0 aliphatic carbocycles. The number of carbonyl (C=O) groups is 2. The maximum absolute atomic E-state index is 12.9. The van der Waals surface area contributed by atoms with E-state index in [4.69, 9.17) is 5.73 Å². The van der Waals surface area contributed by atoms with Gasteiger partial charge < -0.3 is 16.0 Å². The largest absolute Gasteiger partial charge is 0.364 e. The number of hydrogen-bond donors (Lipinski definition) is 2. The Morgan fingerprint density at radius 3 is 2.60 bits per heavy atom. The number of hydrogen-bond acceptors (Lipinski definition) is 4. The number of pyridine rings is 1. The van der Waals surface area contributed by atoms with E-state index >= 15 is 0 Å². The SMILES string of the molecule is CCc1ccc(C2CNCCN2C(=O)c2ccc(C(N)=O)nc2)cc1. The summed E-state index contributed by atoms with van der Waals surface area (Å²) in [5.41, 5.74) is 8.20. The van der Waals surface area contributed by atoms with Crippen molar-refractivity contribution in [1.29, 1.82) is 0 Å². The lowest BCUT2D eigenvalue weighted by molar-refractivity contribution is 0.0633. The van der Waals surface area contributed by atoms with Crippen LogP contribution in [0.1, 0.15) is 44.9 Å². The second kappa shape index (κ2) is 7.44. The topological polar surface area (TPSA) is 88.3 Å². The second-order valence-corrected chi connectivity index (χ2v) is 6.11. The summed E-state index contributed by atoms with van der Waals surface area (Å²) in [7, 11) is 0. The van der Waals surface area contributed by atoms with Crippen molar-refractivity contribution >= 4 is 11.8 Å². The molecule has 1 unspecified atom stereocenters. The van der Waals surface area contributed by atoms with E-state index in [2.05, 4.69) is 41.5 Å². The van der Waals surface area contributed by atoms with Gasteiger partial charge in [-0.2, -0.15) is 0 Å². The van der Waals surface area contributed by atoms with Crippen LogP contribution in [0.25, 0.3) is 0 Å². The Morgan fingerprint density at radius 2 is 2.00 bits per heavy atom. The Bertz CT molecular complexity index is 756. The van der Waals surface area contributed by atoms with E-state index in [1.807, 2.05) is 4.90 Å². The molecule has 3 rings (SSSR count). The van der Waals surface area contributed by atoms with Gasteiger partial charge in [0.05, 0.1) is 11.6 Å². The van der Waals surface area contributed by atoms with Crippen LogP contribution < -0.4 is 11.1 Å². The lowest BCUT2D eigenvalue weighted by atomic mass is 10.00. The minimum absolute atomic E-state index is 0.0250. The van der Waals surface area contributed by atoms with E-state index in [1.54, 1.807) is 6.07 Å². The summed E-state index contributed by atoms with van der Waals surface area (Å²) >= 11 is 0. The summed E-state index contributed by atoms with van der Waals surface area (Å²) in [6, 6.07) is 11.5. The van der Waals surface area contributed by atoms with Crippen molar-refractivity contribution in [2.75, 3.05) is 19.6 Å². The first-order valence-corrected chi connectivity index (χ1v) is 8.46. The Labute approximate surface area is 147 Å². The van der Waals surface area contributed by atoms with Gasteiger partial charge >= 0.3 is 0 Å². The lowest BCUT2D eigenvalue weighted by Crippen LogP contribution is -2.48. The molecule has 1 atom stereocenters. The molecule has 25 heavy (non-hydrogen) atoms. The predicted molar refractivity (Wildman–Crippen MR) is 95.2 cm³/mol. The average molecular weight is 338 g/mol. The number of nitrogens with two attached hydrogens (primary N) is 1. The maximum Gasteiger partial charge on any atom is 0.267 e. The summed E-state index contributed by atoms with van der Waals surface area (Å²) in [4.78, 5) is 29.9. The second-order valence-electron chi connectivity index (χ2n) is 6.11. The zero-order valence-electron chi connectivity index (χ0n) is 14.2. The fourth-order valence-electron chi connectivity index (χ4n) is 3.05. The molecule has 130 valence electrons. The van der Waals surface area contributed by atoms with Gasteiger partial charge in [0.1, 0.15) is 5.69 Å². The van der Waals surface area contributed by atoms with Crippen molar-refractivity contribution < 1.29 is 9.59 Å². The minimum Gasteiger partial charge on any atom is -0.364 e. The molecule has 1 aromatic carbocycles. The number of piperazine rings is 1. The molecule has 2 amide bonds. The third-order valence-electron chi connectivity index (χ3n) is 4.54. The fraction of sp³-hybridized carbons (Fsp3) is 0.316. The first-order valence-electron chi connectivity index (χ1n) is 8.46. The summed E-state index contributed by atoms with van der Waals surface area (Å²) in [6.45, 7) is 4.21. The van der Waals surface area contributed by atoms with Gasteiger partial charge in [0.2, 0.25) is 0 Å². The molecule has 1 aliphatic heterocycles. The highest BCUT2D eigenvalue weighted by Crippen LogP contribution is 2.24. The Hall–Kier alpha value is -2.73. The molecule has 0 radical (unpaired) electrons. The van der Waals surface area contributed by atoms with Crippen LogP contribution in [-0.4, -0.2) is 41.3 Å². The van der Waals surface area contributed by atoms with E-state index in [9.17, 15) is 9.59 Å². The van der Waals surface area contributed by atoms with Gasteiger partial charge in [-0.25, -0.2) is 0 Å². The Kier molecular flexibility index (Phi) is 5.09. The van der Waals surface area contributed by atoms with Crippen LogP contribution in [0, 0.1) is 0 Å². The molecule has 2 aromatic rings. The highest BCUT2D eigenvalue weighted by molar-refractivity contribution is 5.96. The van der Waals surface area contributed by atoms with Gasteiger partial charge in [0.15, 0.2) is 0 Å². The summed E-state index contributed by atoms with van der Waals surface area (Å²) in [6.07, 6.45) is 2.41. The van der Waals surface area contributed by atoms with Crippen LogP contribution in [0.5, 0.6) is 0 Å². The Balaban J connectivity index is 1.84. The number of primary amides is 1. The van der Waals surface area contributed by atoms with E-state index in [0.717, 1.165) is 18.5 Å². The molecule has 2 heterocycles. The molecule has 6 heteroatoms. The third-order valence-corrected chi connectivity index (χ3v) is 4.54. The number of amides is 2. The number of aromatic nitrogens is 1. The highest BCUT2D eigenvalue weighted by Gasteiger charge is 2.28. The minimum atomic E-state index is -0.602. The molecule has 0 bridgehead atoms. The van der Waals surface area contributed by atoms with Gasteiger partial charge in [-0.3, -0.25) is 14.6 Å². The molecule has 1 aliphatic rings. The van der Waals surface area contributed by atoms with E-state index in [1.165, 1.54) is 17.8 Å². The van der Waals surface area contributed by atoms with Gasteiger partial charge in [-0.1, -0.05) is 31.2 Å². The lowest BCUT2D eigenvalue weighted by Gasteiger charge is -2.36. The average Bonchev–Trinajstić information content (AvgIpc) is 2.67. The molecular formula is C19H22N4O2. The van der Waals surface area contributed by atoms with Gasteiger partial charge in [-0.15, -0.1) is 0 Å². The molecule has 1 fully saturated rings. The van der Waals surface area contributed by atoms with E-state index in [-0.39, 0.29) is 17.6 Å². The summed E-state index contributed by atoms with van der Waals surface area (Å²) in [5, 5.41) is 3.35. The van der Waals surface area contributed by atoms with Crippen LogP contribution in [-0.2, 0) is 6.42 Å². The molecule has 6 nitrogen and oxygen atoms in total. The van der Waals surface area contributed by atoms with Crippen LogP contribution in [0.4, 0.5) is 0 Å². The third kappa shape index (κ3) is 3.69.